The Balaban J connectivity index is 1.73. The van der Waals surface area contributed by atoms with Gasteiger partial charge in [0.15, 0.2) is 5.78 Å². The maximum absolute atomic E-state index is 12.7. The van der Waals surface area contributed by atoms with Crippen molar-refractivity contribution in [3.63, 3.8) is 0 Å². The molecule has 0 spiro atoms. The van der Waals surface area contributed by atoms with Crippen LogP contribution in [0.25, 0.3) is 0 Å². The minimum atomic E-state index is -0.273. The maximum Gasteiger partial charge on any atom is 0.162 e. The Hall–Kier alpha value is -1.22. The molecule has 3 heteroatoms. The van der Waals surface area contributed by atoms with Gasteiger partial charge in [0.1, 0.15) is 12.4 Å². The van der Waals surface area contributed by atoms with E-state index in [1.165, 1.54) is 31.4 Å². The van der Waals surface area contributed by atoms with Gasteiger partial charge in [-0.2, -0.15) is 0 Å². The first-order valence-electron chi connectivity index (χ1n) is 6.62. The fourth-order valence-corrected chi connectivity index (χ4v) is 2.32. The molecular weight excluding hydrogens is 231 g/mol. The number of benzene rings is 1. The number of ketones is 1. The van der Waals surface area contributed by atoms with Gasteiger partial charge in [-0.15, -0.1) is 0 Å². The van der Waals surface area contributed by atoms with E-state index in [4.69, 9.17) is 4.74 Å². The van der Waals surface area contributed by atoms with Crippen molar-refractivity contribution in [1.29, 1.82) is 0 Å². The molecule has 98 valence electrons. The van der Waals surface area contributed by atoms with Crippen molar-refractivity contribution in [3.05, 3.63) is 35.6 Å². The second-order valence-corrected chi connectivity index (χ2v) is 4.91. The summed E-state index contributed by atoms with van der Waals surface area (Å²) < 4.78 is 18.3. The predicted octanol–water partition coefficient (Wildman–Crippen LogP) is 3.29. The first-order valence-corrected chi connectivity index (χ1v) is 6.62. The SMILES string of the molecule is O=C(COC1CCCCC1)Cc1ccc(F)cc1. The van der Waals surface area contributed by atoms with Gasteiger partial charge in [0.05, 0.1) is 6.10 Å². The predicted molar refractivity (Wildman–Crippen MR) is 67.9 cm³/mol. The summed E-state index contributed by atoms with van der Waals surface area (Å²) in [6, 6.07) is 6.05. The van der Waals surface area contributed by atoms with Crippen LogP contribution in [0.5, 0.6) is 0 Å². The fourth-order valence-electron chi connectivity index (χ4n) is 2.32. The fraction of sp³-hybridized carbons (Fsp3) is 0.533. The lowest BCUT2D eigenvalue weighted by atomic mass is 9.98. The molecule has 1 fully saturated rings. The lowest BCUT2D eigenvalue weighted by molar-refractivity contribution is -0.125. The Morgan fingerprint density at radius 1 is 1.17 bits per heavy atom. The van der Waals surface area contributed by atoms with E-state index in [0.29, 0.717) is 6.42 Å². The zero-order chi connectivity index (χ0) is 12.8. The van der Waals surface area contributed by atoms with Crippen LogP contribution < -0.4 is 0 Å². The largest absolute Gasteiger partial charge is 0.370 e. The molecule has 0 atom stereocenters. The van der Waals surface area contributed by atoms with Crippen molar-refractivity contribution < 1.29 is 13.9 Å². The zero-order valence-electron chi connectivity index (χ0n) is 10.5. The van der Waals surface area contributed by atoms with Crippen LogP contribution in [0.1, 0.15) is 37.7 Å². The lowest BCUT2D eigenvalue weighted by Gasteiger charge is -2.21. The van der Waals surface area contributed by atoms with Gasteiger partial charge in [-0.05, 0) is 30.5 Å². The van der Waals surface area contributed by atoms with Gasteiger partial charge in [-0.25, -0.2) is 4.39 Å². The molecule has 0 aliphatic heterocycles. The third-order valence-electron chi connectivity index (χ3n) is 3.35. The molecule has 1 saturated carbocycles. The molecule has 2 nitrogen and oxygen atoms in total. The van der Waals surface area contributed by atoms with Crippen molar-refractivity contribution in [2.45, 2.75) is 44.6 Å². The van der Waals surface area contributed by atoms with Crippen LogP contribution in [-0.2, 0) is 16.0 Å². The highest BCUT2D eigenvalue weighted by Gasteiger charge is 2.15. The van der Waals surface area contributed by atoms with Gasteiger partial charge in [-0.3, -0.25) is 4.79 Å². The summed E-state index contributed by atoms with van der Waals surface area (Å²) in [5.74, 6) is -0.211. The van der Waals surface area contributed by atoms with E-state index in [2.05, 4.69) is 0 Å². The monoisotopic (exact) mass is 250 g/mol. The smallest absolute Gasteiger partial charge is 0.162 e. The summed E-state index contributed by atoms with van der Waals surface area (Å²) >= 11 is 0. The Bertz CT molecular complexity index is 380. The summed E-state index contributed by atoms with van der Waals surface area (Å²) in [6.45, 7) is 0.183. The highest BCUT2D eigenvalue weighted by molar-refractivity contribution is 5.82. The highest BCUT2D eigenvalue weighted by atomic mass is 19.1. The molecule has 0 bridgehead atoms. The second-order valence-electron chi connectivity index (χ2n) is 4.91. The molecule has 1 aromatic rings. The average Bonchev–Trinajstić information content (AvgIpc) is 2.40. The highest BCUT2D eigenvalue weighted by Crippen LogP contribution is 2.20. The number of Topliss-reactive ketones (excluding diaryl/α,β-unsaturated/α-hetero) is 1. The van der Waals surface area contributed by atoms with Gasteiger partial charge >= 0.3 is 0 Å². The molecule has 18 heavy (non-hydrogen) atoms. The molecule has 0 aromatic heterocycles. The molecule has 0 N–H and O–H groups in total. The Labute approximate surface area is 107 Å². The molecule has 0 saturated heterocycles. The van der Waals surface area contributed by atoms with Crippen LogP contribution in [0.15, 0.2) is 24.3 Å². The van der Waals surface area contributed by atoms with Gasteiger partial charge in [0.25, 0.3) is 0 Å². The Morgan fingerprint density at radius 2 is 1.83 bits per heavy atom. The Kier molecular flexibility index (Phi) is 4.88. The van der Waals surface area contributed by atoms with Crippen molar-refractivity contribution >= 4 is 5.78 Å². The van der Waals surface area contributed by atoms with Crippen LogP contribution in [0, 0.1) is 5.82 Å². The molecular formula is C15H19FO2. The van der Waals surface area contributed by atoms with Gasteiger partial charge in [0.2, 0.25) is 0 Å². The molecule has 0 amide bonds. The topological polar surface area (TPSA) is 26.3 Å². The zero-order valence-corrected chi connectivity index (χ0v) is 10.5. The first kappa shape index (κ1) is 13.2. The van der Waals surface area contributed by atoms with Crippen molar-refractivity contribution in [1.82, 2.24) is 0 Å². The molecule has 1 aliphatic rings. The number of halogens is 1. The van der Waals surface area contributed by atoms with E-state index in [1.54, 1.807) is 12.1 Å². The van der Waals surface area contributed by atoms with E-state index in [1.807, 2.05) is 0 Å². The summed E-state index contributed by atoms with van der Waals surface area (Å²) in [5.41, 5.74) is 0.841. The van der Waals surface area contributed by atoms with Gasteiger partial charge in [0, 0.05) is 6.42 Å². The van der Waals surface area contributed by atoms with Crippen molar-refractivity contribution in [2.75, 3.05) is 6.61 Å². The lowest BCUT2D eigenvalue weighted by Crippen LogP contribution is -2.21. The van der Waals surface area contributed by atoms with E-state index >= 15 is 0 Å². The van der Waals surface area contributed by atoms with Crippen molar-refractivity contribution in [2.24, 2.45) is 0 Å². The van der Waals surface area contributed by atoms with Crippen LogP contribution >= 0.6 is 0 Å². The third-order valence-corrected chi connectivity index (χ3v) is 3.35. The molecule has 1 aliphatic carbocycles. The summed E-state index contributed by atoms with van der Waals surface area (Å²) in [5, 5.41) is 0. The third kappa shape index (κ3) is 4.22. The van der Waals surface area contributed by atoms with Crippen LogP contribution in [0.3, 0.4) is 0 Å². The molecule has 0 unspecified atom stereocenters. The van der Waals surface area contributed by atoms with Crippen LogP contribution in [0.4, 0.5) is 4.39 Å². The number of hydrogen-bond acceptors (Lipinski definition) is 2. The average molecular weight is 250 g/mol. The Morgan fingerprint density at radius 3 is 2.50 bits per heavy atom. The first-order chi connectivity index (χ1) is 8.74. The van der Waals surface area contributed by atoms with Crippen molar-refractivity contribution in [3.8, 4) is 0 Å². The summed E-state index contributed by atoms with van der Waals surface area (Å²) in [4.78, 5) is 11.7. The standard InChI is InChI=1S/C15H19FO2/c16-13-8-6-12(7-9-13)10-14(17)11-18-15-4-2-1-3-5-15/h6-9,15H,1-5,10-11H2. The van der Waals surface area contributed by atoms with E-state index in [9.17, 15) is 9.18 Å². The molecule has 2 rings (SSSR count). The molecule has 1 aromatic carbocycles. The maximum atomic E-state index is 12.7. The minimum Gasteiger partial charge on any atom is -0.370 e. The summed E-state index contributed by atoms with van der Waals surface area (Å²) in [7, 11) is 0. The van der Waals surface area contributed by atoms with Gasteiger partial charge < -0.3 is 4.74 Å². The number of carbonyl (C=O) groups excluding carboxylic acids is 1. The normalized spacial score (nSPS) is 16.7. The number of ether oxygens (including phenoxy) is 1. The second kappa shape index (κ2) is 6.64. The van der Waals surface area contributed by atoms with E-state index < -0.39 is 0 Å². The van der Waals surface area contributed by atoms with Crippen LogP contribution in [-0.4, -0.2) is 18.5 Å². The number of hydrogen-bond donors (Lipinski definition) is 0. The van der Waals surface area contributed by atoms with E-state index in [-0.39, 0.29) is 24.3 Å². The quantitative estimate of drug-likeness (QED) is 0.801. The molecule has 0 radical (unpaired) electrons. The minimum absolute atomic E-state index is 0.0622. The number of carbonyl (C=O) groups is 1. The van der Waals surface area contributed by atoms with E-state index in [0.717, 1.165) is 18.4 Å². The number of rotatable bonds is 5. The van der Waals surface area contributed by atoms with Crippen LogP contribution in [0.2, 0.25) is 0 Å². The summed E-state index contributed by atoms with van der Waals surface area (Å²) in [6.07, 6.45) is 6.42. The molecule has 0 heterocycles. The van der Waals surface area contributed by atoms with Gasteiger partial charge in [-0.1, -0.05) is 31.4 Å².